The summed E-state index contributed by atoms with van der Waals surface area (Å²) in [5.74, 6) is -1.62. The van der Waals surface area contributed by atoms with Crippen LogP contribution >= 0.6 is 0 Å². The topological polar surface area (TPSA) is 113 Å². The van der Waals surface area contributed by atoms with Gasteiger partial charge < -0.3 is 10.8 Å². The average molecular weight is 231 g/mol. The minimum Gasteiger partial charge on any atom is -0.481 e. The van der Waals surface area contributed by atoms with Crippen LogP contribution in [0.5, 0.6) is 0 Å². The van der Waals surface area contributed by atoms with Crippen molar-refractivity contribution in [2.24, 2.45) is 11.0 Å². The van der Waals surface area contributed by atoms with Gasteiger partial charge in [-0.25, -0.2) is 0 Å². The number of carbonyl (C=O) groups is 2. The molecule has 0 unspecified atom stereocenters. The summed E-state index contributed by atoms with van der Waals surface area (Å²) < 4.78 is 0. The molecule has 0 heterocycles. The number of nitroso groups, excluding NO2 is 1. The number of nitrogens with zero attached hydrogens (tertiary/aromatic N) is 2. The Hall–Kier alpha value is -1.50. The number of rotatable bonds is 9. The smallest absolute Gasteiger partial charge is 0.303 e. The number of carboxylic acid groups (broad SMARTS) is 1. The van der Waals surface area contributed by atoms with Gasteiger partial charge in [-0.05, 0) is 19.4 Å². The zero-order chi connectivity index (χ0) is 12.4. The average Bonchev–Trinajstić information content (AvgIpc) is 2.26. The number of carbonyl (C=O) groups excluding carboxylic acids is 1. The number of hydrogen-bond acceptors (Lipinski definition) is 5. The lowest BCUT2D eigenvalue weighted by molar-refractivity contribution is -0.141. The second kappa shape index (κ2) is 8.78. The maximum Gasteiger partial charge on any atom is 0.303 e. The van der Waals surface area contributed by atoms with Crippen LogP contribution < -0.4 is 5.73 Å². The molecular formula is C9H17N3O4. The van der Waals surface area contributed by atoms with Crippen molar-refractivity contribution in [3.05, 3.63) is 4.91 Å². The SMILES string of the molecule is NCCCCCN(N=O)C(=O)CCC(=O)O. The van der Waals surface area contributed by atoms with E-state index in [1.54, 1.807) is 0 Å². The number of nitrogens with two attached hydrogens (primary N) is 1. The molecule has 7 nitrogen and oxygen atoms in total. The Morgan fingerprint density at radius 1 is 1.19 bits per heavy atom. The van der Waals surface area contributed by atoms with E-state index in [0.717, 1.165) is 17.9 Å². The second-order valence-electron chi connectivity index (χ2n) is 3.34. The highest BCUT2D eigenvalue weighted by Gasteiger charge is 2.14. The van der Waals surface area contributed by atoms with E-state index in [0.29, 0.717) is 13.0 Å². The molecule has 0 fully saturated rings. The Kier molecular flexibility index (Phi) is 7.96. The Bertz CT molecular complexity index is 245. The highest BCUT2D eigenvalue weighted by atomic mass is 16.4. The van der Waals surface area contributed by atoms with Crippen molar-refractivity contribution in [3.8, 4) is 0 Å². The minimum absolute atomic E-state index is 0.196. The minimum atomic E-state index is -1.07. The fraction of sp³-hybridized carbons (Fsp3) is 0.778. The van der Waals surface area contributed by atoms with Crippen LogP contribution in [-0.2, 0) is 9.59 Å². The number of amides is 1. The molecule has 16 heavy (non-hydrogen) atoms. The van der Waals surface area contributed by atoms with Crippen LogP contribution in [0.4, 0.5) is 0 Å². The number of aliphatic carboxylic acids is 1. The highest BCUT2D eigenvalue weighted by molar-refractivity contribution is 5.80. The summed E-state index contributed by atoms with van der Waals surface area (Å²) in [6.45, 7) is 0.795. The van der Waals surface area contributed by atoms with Crippen LogP contribution in [0.1, 0.15) is 32.1 Å². The van der Waals surface area contributed by atoms with Crippen LogP contribution in [-0.4, -0.2) is 35.1 Å². The van der Waals surface area contributed by atoms with Crippen molar-refractivity contribution >= 4 is 11.9 Å². The highest BCUT2D eigenvalue weighted by Crippen LogP contribution is 2.03. The Morgan fingerprint density at radius 2 is 1.88 bits per heavy atom. The molecule has 0 bridgehead atoms. The maximum atomic E-state index is 11.3. The van der Waals surface area contributed by atoms with Gasteiger partial charge in [0.1, 0.15) is 0 Å². The van der Waals surface area contributed by atoms with Crippen LogP contribution in [0.15, 0.2) is 5.29 Å². The van der Waals surface area contributed by atoms with Gasteiger partial charge in [0.2, 0.25) is 5.91 Å². The molecule has 0 aromatic rings. The third-order valence-corrected chi connectivity index (χ3v) is 2.01. The van der Waals surface area contributed by atoms with Gasteiger partial charge in [0.15, 0.2) is 0 Å². The Morgan fingerprint density at radius 3 is 2.38 bits per heavy atom. The first-order valence-electron chi connectivity index (χ1n) is 5.17. The summed E-state index contributed by atoms with van der Waals surface area (Å²) in [6, 6.07) is 0. The molecule has 0 saturated heterocycles. The largest absolute Gasteiger partial charge is 0.481 e. The van der Waals surface area contributed by atoms with Crippen molar-refractivity contribution in [2.45, 2.75) is 32.1 Å². The molecule has 7 heteroatoms. The molecule has 0 saturated carbocycles. The van der Waals surface area contributed by atoms with Crippen molar-refractivity contribution in [2.75, 3.05) is 13.1 Å². The third kappa shape index (κ3) is 6.88. The first kappa shape index (κ1) is 14.5. The lowest BCUT2D eigenvalue weighted by atomic mass is 10.2. The first-order chi connectivity index (χ1) is 7.61. The van der Waals surface area contributed by atoms with Crippen molar-refractivity contribution in [1.29, 1.82) is 0 Å². The Balaban J connectivity index is 3.83. The number of carboxylic acids is 1. The van der Waals surface area contributed by atoms with Gasteiger partial charge in [0, 0.05) is 13.0 Å². The number of hydrogen-bond donors (Lipinski definition) is 2. The van der Waals surface area contributed by atoms with Gasteiger partial charge in [-0.2, -0.15) is 5.01 Å². The summed E-state index contributed by atoms with van der Waals surface area (Å²) in [4.78, 5) is 31.8. The molecule has 0 aromatic carbocycles. The summed E-state index contributed by atoms with van der Waals surface area (Å²) >= 11 is 0. The summed E-state index contributed by atoms with van der Waals surface area (Å²) in [6.07, 6.45) is 1.80. The third-order valence-electron chi connectivity index (χ3n) is 2.01. The van der Waals surface area contributed by atoms with Gasteiger partial charge in [-0.15, -0.1) is 4.91 Å². The molecule has 92 valence electrons. The Labute approximate surface area is 93.5 Å². The van der Waals surface area contributed by atoms with E-state index in [1.807, 2.05) is 0 Å². The fourth-order valence-corrected chi connectivity index (χ4v) is 1.14. The van der Waals surface area contributed by atoms with E-state index in [4.69, 9.17) is 10.8 Å². The van der Waals surface area contributed by atoms with Gasteiger partial charge in [0.25, 0.3) is 0 Å². The molecule has 0 rings (SSSR count). The van der Waals surface area contributed by atoms with Gasteiger partial charge in [0.05, 0.1) is 11.7 Å². The van der Waals surface area contributed by atoms with Crippen molar-refractivity contribution < 1.29 is 14.7 Å². The molecule has 0 aliphatic rings. The molecule has 1 amide bonds. The van der Waals surface area contributed by atoms with Crippen LogP contribution in [0.3, 0.4) is 0 Å². The molecule has 0 aliphatic heterocycles. The predicted octanol–water partition coefficient (Wildman–Crippen LogP) is 0.490. The normalized spacial score (nSPS) is 9.81. The second-order valence-corrected chi connectivity index (χ2v) is 3.34. The van der Waals surface area contributed by atoms with E-state index in [1.165, 1.54) is 0 Å². The molecule has 0 spiro atoms. The molecular weight excluding hydrogens is 214 g/mol. The van der Waals surface area contributed by atoms with Crippen LogP contribution in [0, 0.1) is 4.91 Å². The first-order valence-corrected chi connectivity index (χ1v) is 5.17. The van der Waals surface area contributed by atoms with Crippen LogP contribution in [0.2, 0.25) is 0 Å². The lowest BCUT2D eigenvalue weighted by Gasteiger charge is -2.12. The summed E-state index contributed by atoms with van der Waals surface area (Å²) in [7, 11) is 0. The zero-order valence-corrected chi connectivity index (χ0v) is 9.09. The van der Waals surface area contributed by atoms with Crippen molar-refractivity contribution in [1.82, 2.24) is 5.01 Å². The van der Waals surface area contributed by atoms with Gasteiger partial charge in [-0.3, -0.25) is 9.59 Å². The molecule has 0 atom stereocenters. The molecule has 0 aromatic heterocycles. The summed E-state index contributed by atoms with van der Waals surface area (Å²) in [5.41, 5.74) is 5.29. The van der Waals surface area contributed by atoms with E-state index in [9.17, 15) is 14.5 Å². The maximum absolute atomic E-state index is 11.3. The van der Waals surface area contributed by atoms with Gasteiger partial charge in [-0.1, -0.05) is 6.42 Å². The van der Waals surface area contributed by atoms with E-state index in [2.05, 4.69) is 5.29 Å². The molecule has 0 aliphatic carbocycles. The molecule has 0 radical (unpaired) electrons. The monoisotopic (exact) mass is 231 g/mol. The summed E-state index contributed by atoms with van der Waals surface area (Å²) in [5, 5.41) is 11.7. The van der Waals surface area contributed by atoms with Crippen LogP contribution in [0.25, 0.3) is 0 Å². The van der Waals surface area contributed by atoms with Crippen molar-refractivity contribution in [3.63, 3.8) is 0 Å². The van der Waals surface area contributed by atoms with E-state index < -0.39 is 11.9 Å². The lowest BCUT2D eigenvalue weighted by Crippen LogP contribution is -2.26. The zero-order valence-electron chi connectivity index (χ0n) is 9.09. The quantitative estimate of drug-likeness (QED) is 0.340. The molecule has 3 N–H and O–H groups in total. The predicted molar refractivity (Wildman–Crippen MR) is 57.3 cm³/mol. The fourth-order valence-electron chi connectivity index (χ4n) is 1.14. The number of unbranched alkanes of at least 4 members (excludes halogenated alkanes) is 2. The standard InChI is InChI=1S/C9H17N3O4/c10-6-2-1-3-7-12(11-16)8(13)4-5-9(14)15/h1-7,10H2,(H,14,15). The van der Waals surface area contributed by atoms with Gasteiger partial charge >= 0.3 is 5.97 Å². The van der Waals surface area contributed by atoms with E-state index in [-0.39, 0.29) is 19.4 Å². The van der Waals surface area contributed by atoms with E-state index >= 15 is 0 Å².